The fraction of sp³-hybridized carbons (Fsp3) is 0.300. The molecule has 1 aliphatic rings. The van der Waals surface area contributed by atoms with Crippen LogP contribution in [0.3, 0.4) is 0 Å². The Labute approximate surface area is 88.0 Å². The van der Waals surface area contributed by atoms with Gasteiger partial charge in [-0.15, -0.1) is 0 Å². The van der Waals surface area contributed by atoms with Crippen molar-refractivity contribution in [1.29, 1.82) is 0 Å². The molecule has 1 aromatic carbocycles. The Morgan fingerprint density at radius 2 is 2.36 bits per heavy atom. The Morgan fingerprint density at radius 3 is 3.00 bits per heavy atom. The summed E-state index contributed by atoms with van der Waals surface area (Å²) >= 11 is 5.91. The van der Waals surface area contributed by atoms with Gasteiger partial charge >= 0.3 is 0 Å². The predicted octanol–water partition coefficient (Wildman–Crippen LogP) is 1.34. The molecule has 1 aliphatic heterocycles. The van der Waals surface area contributed by atoms with Gasteiger partial charge in [0.05, 0.1) is 6.54 Å². The molecule has 0 spiro atoms. The Hall–Kier alpha value is -1.22. The van der Waals surface area contributed by atoms with Crippen LogP contribution in [0.4, 0.5) is 0 Å². The van der Waals surface area contributed by atoms with E-state index in [1.807, 2.05) is 18.2 Å². The number of hydrogen-bond donors (Lipinski definition) is 2. The molecule has 0 aliphatic carbocycles. The minimum atomic E-state index is 0.376. The Morgan fingerprint density at radius 1 is 1.50 bits per heavy atom. The molecule has 74 valence electrons. The van der Waals surface area contributed by atoms with Crippen molar-refractivity contribution in [3.63, 3.8) is 0 Å². The molecule has 0 saturated carbocycles. The molecule has 2 rings (SSSR count). The van der Waals surface area contributed by atoms with E-state index in [2.05, 4.69) is 16.4 Å². The number of benzene rings is 1. The van der Waals surface area contributed by atoms with E-state index in [1.54, 1.807) is 0 Å². The normalized spacial score (nSPS) is 21.2. The summed E-state index contributed by atoms with van der Waals surface area (Å²) in [7, 11) is 0. The second-order valence-electron chi connectivity index (χ2n) is 3.36. The van der Waals surface area contributed by atoms with Crippen LogP contribution in [0.1, 0.15) is 11.5 Å². The standard InChI is InChI=1S/C10H12ClN3/c11-9-3-1-2-7(4-9)8-5-13-10(12)14-6-8/h1-4,8H,5-6H2,(H3,12,13,14). The maximum absolute atomic E-state index is 5.91. The average Bonchev–Trinajstić information content (AvgIpc) is 2.19. The molecule has 1 heterocycles. The third kappa shape index (κ3) is 1.99. The summed E-state index contributed by atoms with van der Waals surface area (Å²) in [6.07, 6.45) is 0. The topological polar surface area (TPSA) is 50.4 Å². The highest BCUT2D eigenvalue weighted by atomic mass is 35.5. The van der Waals surface area contributed by atoms with Crippen LogP contribution in [0.25, 0.3) is 0 Å². The number of aliphatic imine (C=N–C) groups is 1. The first kappa shape index (κ1) is 9.34. The van der Waals surface area contributed by atoms with E-state index in [0.717, 1.165) is 18.1 Å². The fourth-order valence-corrected chi connectivity index (χ4v) is 1.74. The van der Waals surface area contributed by atoms with Crippen LogP contribution in [-0.4, -0.2) is 19.0 Å². The number of hydrogen-bond acceptors (Lipinski definition) is 3. The van der Waals surface area contributed by atoms with Gasteiger partial charge in [-0.2, -0.15) is 0 Å². The van der Waals surface area contributed by atoms with E-state index < -0.39 is 0 Å². The highest BCUT2D eigenvalue weighted by Crippen LogP contribution is 2.20. The molecule has 1 unspecified atom stereocenters. The van der Waals surface area contributed by atoms with Crippen LogP contribution in [0.2, 0.25) is 5.02 Å². The zero-order valence-electron chi connectivity index (χ0n) is 7.70. The maximum Gasteiger partial charge on any atom is 0.188 e. The number of guanidine groups is 1. The third-order valence-electron chi connectivity index (χ3n) is 2.33. The molecular weight excluding hydrogens is 198 g/mol. The SMILES string of the molecule is NC1=NCC(c2cccc(Cl)c2)CN1. The first-order chi connectivity index (χ1) is 6.75. The van der Waals surface area contributed by atoms with Crippen LogP contribution in [-0.2, 0) is 0 Å². The molecule has 3 N–H and O–H groups in total. The summed E-state index contributed by atoms with van der Waals surface area (Å²) in [6.45, 7) is 1.56. The largest absolute Gasteiger partial charge is 0.370 e. The van der Waals surface area contributed by atoms with Crippen molar-refractivity contribution in [3.8, 4) is 0 Å². The number of halogens is 1. The highest BCUT2D eigenvalue weighted by Gasteiger charge is 2.15. The number of nitrogens with one attached hydrogen (secondary N) is 1. The van der Waals surface area contributed by atoms with Gasteiger partial charge < -0.3 is 11.1 Å². The van der Waals surface area contributed by atoms with Crippen molar-refractivity contribution in [2.45, 2.75) is 5.92 Å². The van der Waals surface area contributed by atoms with Crippen LogP contribution < -0.4 is 11.1 Å². The van der Waals surface area contributed by atoms with Crippen LogP contribution >= 0.6 is 11.6 Å². The maximum atomic E-state index is 5.91. The molecule has 14 heavy (non-hydrogen) atoms. The van der Waals surface area contributed by atoms with Crippen molar-refractivity contribution in [2.75, 3.05) is 13.1 Å². The second-order valence-corrected chi connectivity index (χ2v) is 3.80. The zero-order chi connectivity index (χ0) is 9.97. The lowest BCUT2D eigenvalue weighted by atomic mass is 9.98. The first-order valence-electron chi connectivity index (χ1n) is 4.55. The number of nitrogens with zero attached hydrogens (tertiary/aromatic N) is 1. The van der Waals surface area contributed by atoms with E-state index in [9.17, 15) is 0 Å². The lowest BCUT2D eigenvalue weighted by molar-refractivity contribution is 0.635. The minimum Gasteiger partial charge on any atom is -0.370 e. The summed E-state index contributed by atoms with van der Waals surface area (Å²) < 4.78 is 0. The number of rotatable bonds is 1. The van der Waals surface area contributed by atoms with Gasteiger partial charge in [0.15, 0.2) is 5.96 Å². The van der Waals surface area contributed by atoms with Crippen molar-refractivity contribution >= 4 is 17.6 Å². The molecule has 1 aromatic rings. The minimum absolute atomic E-state index is 0.376. The summed E-state index contributed by atoms with van der Waals surface area (Å²) in [5.74, 6) is 0.907. The zero-order valence-corrected chi connectivity index (χ0v) is 8.46. The van der Waals surface area contributed by atoms with E-state index in [1.165, 1.54) is 5.56 Å². The van der Waals surface area contributed by atoms with Gasteiger partial charge in [0, 0.05) is 17.5 Å². The summed E-state index contributed by atoms with van der Waals surface area (Å²) in [5, 5.41) is 3.80. The second kappa shape index (κ2) is 3.88. The van der Waals surface area contributed by atoms with Crippen LogP contribution in [0.5, 0.6) is 0 Å². The quantitative estimate of drug-likeness (QED) is 0.734. The van der Waals surface area contributed by atoms with Crippen LogP contribution in [0.15, 0.2) is 29.3 Å². The highest BCUT2D eigenvalue weighted by molar-refractivity contribution is 6.30. The van der Waals surface area contributed by atoms with E-state index in [4.69, 9.17) is 17.3 Å². The monoisotopic (exact) mass is 209 g/mol. The van der Waals surface area contributed by atoms with Crippen molar-refractivity contribution in [2.24, 2.45) is 10.7 Å². The van der Waals surface area contributed by atoms with Crippen molar-refractivity contribution in [1.82, 2.24) is 5.32 Å². The smallest absolute Gasteiger partial charge is 0.188 e. The molecule has 0 amide bonds. The summed E-state index contributed by atoms with van der Waals surface area (Å²) in [4.78, 5) is 4.16. The summed E-state index contributed by atoms with van der Waals surface area (Å²) in [6, 6.07) is 7.87. The van der Waals surface area contributed by atoms with Gasteiger partial charge in [0.1, 0.15) is 0 Å². The van der Waals surface area contributed by atoms with Gasteiger partial charge in [0.2, 0.25) is 0 Å². The Kier molecular flexibility index (Phi) is 2.59. The molecule has 1 atom stereocenters. The summed E-state index contributed by atoms with van der Waals surface area (Å²) in [5.41, 5.74) is 6.73. The van der Waals surface area contributed by atoms with E-state index >= 15 is 0 Å². The Bertz CT molecular complexity index is 362. The van der Waals surface area contributed by atoms with Crippen molar-refractivity contribution < 1.29 is 0 Å². The molecule has 0 radical (unpaired) electrons. The average molecular weight is 210 g/mol. The van der Waals surface area contributed by atoms with Crippen LogP contribution in [0, 0.1) is 0 Å². The molecule has 0 bridgehead atoms. The third-order valence-corrected chi connectivity index (χ3v) is 2.57. The van der Waals surface area contributed by atoms with E-state index in [0.29, 0.717) is 11.9 Å². The molecule has 3 nitrogen and oxygen atoms in total. The molecule has 0 aromatic heterocycles. The predicted molar refractivity (Wildman–Crippen MR) is 58.7 cm³/mol. The van der Waals surface area contributed by atoms with Crippen molar-refractivity contribution in [3.05, 3.63) is 34.9 Å². The lowest BCUT2D eigenvalue weighted by Crippen LogP contribution is -2.39. The first-order valence-corrected chi connectivity index (χ1v) is 4.93. The number of nitrogens with two attached hydrogens (primary N) is 1. The van der Waals surface area contributed by atoms with Gasteiger partial charge in [-0.3, -0.25) is 4.99 Å². The fourth-order valence-electron chi connectivity index (χ4n) is 1.54. The van der Waals surface area contributed by atoms with Gasteiger partial charge in [-0.05, 0) is 17.7 Å². The van der Waals surface area contributed by atoms with Gasteiger partial charge in [0.25, 0.3) is 0 Å². The molecule has 4 heteroatoms. The van der Waals surface area contributed by atoms with E-state index in [-0.39, 0.29) is 0 Å². The molecule has 0 fully saturated rings. The van der Waals surface area contributed by atoms with Gasteiger partial charge in [-0.1, -0.05) is 23.7 Å². The molecule has 0 saturated heterocycles. The Balaban J connectivity index is 2.16. The lowest BCUT2D eigenvalue weighted by Gasteiger charge is -2.21. The van der Waals surface area contributed by atoms with Gasteiger partial charge in [-0.25, -0.2) is 0 Å². The molecular formula is C10H12ClN3.